The van der Waals surface area contributed by atoms with Crippen LogP contribution in [0.5, 0.6) is 23.0 Å². The zero-order chi connectivity index (χ0) is 23.7. The minimum absolute atomic E-state index is 0.0839. The second kappa shape index (κ2) is 8.98. The maximum absolute atomic E-state index is 10.7. The third-order valence-electron chi connectivity index (χ3n) is 6.24. The van der Waals surface area contributed by atoms with Crippen molar-refractivity contribution in [3.8, 4) is 23.0 Å². The number of nitrogens with zero attached hydrogens (tertiary/aromatic N) is 2. The Bertz CT molecular complexity index is 1380. The molecule has 0 spiro atoms. The summed E-state index contributed by atoms with van der Waals surface area (Å²) in [6, 6.07) is 25.4. The molecule has 1 heterocycles. The molecule has 0 amide bonds. The monoisotopic (exact) mass is 454 g/mol. The number of rotatable bonds is 6. The van der Waals surface area contributed by atoms with E-state index in [1.807, 2.05) is 59.6 Å². The standard InChI is InChI=1S/C28H26N2O4/c1-32-19-8-6-7-18(15-19)30-26(17-25(29-30)24-12-11-20(33-2)16-27(24)31)22-13-14-28(34-3)23-10-5-4-9-21(22)23/h4-16,26,31H,17H2,1-3H3. The summed E-state index contributed by atoms with van der Waals surface area (Å²) in [4.78, 5) is 0. The molecule has 0 bridgehead atoms. The molecule has 1 atom stereocenters. The van der Waals surface area contributed by atoms with Gasteiger partial charge in [0.15, 0.2) is 0 Å². The van der Waals surface area contributed by atoms with Crippen LogP contribution < -0.4 is 19.2 Å². The Morgan fingerprint density at radius 3 is 2.29 bits per heavy atom. The van der Waals surface area contributed by atoms with Crippen molar-refractivity contribution in [1.82, 2.24) is 0 Å². The SMILES string of the molecule is COc1cccc(N2N=C(c3ccc(OC)cc3O)CC2c2ccc(OC)c3ccccc23)c1. The molecule has 6 heteroatoms. The van der Waals surface area contributed by atoms with Gasteiger partial charge in [0.05, 0.1) is 38.8 Å². The first kappa shape index (κ1) is 21.6. The zero-order valence-corrected chi connectivity index (χ0v) is 19.4. The average Bonchev–Trinajstić information content (AvgIpc) is 3.32. The molecule has 0 aromatic heterocycles. The van der Waals surface area contributed by atoms with Crippen LogP contribution in [-0.4, -0.2) is 32.1 Å². The first-order chi connectivity index (χ1) is 16.6. The van der Waals surface area contributed by atoms with Gasteiger partial charge in [0, 0.05) is 29.5 Å². The number of hydrazone groups is 1. The van der Waals surface area contributed by atoms with Gasteiger partial charge in [0.1, 0.15) is 23.0 Å². The van der Waals surface area contributed by atoms with Gasteiger partial charge in [-0.15, -0.1) is 0 Å². The Balaban J connectivity index is 1.65. The average molecular weight is 455 g/mol. The van der Waals surface area contributed by atoms with Gasteiger partial charge in [-0.1, -0.05) is 36.4 Å². The summed E-state index contributed by atoms with van der Waals surface area (Å²) in [6.45, 7) is 0. The highest BCUT2D eigenvalue weighted by Crippen LogP contribution is 2.42. The van der Waals surface area contributed by atoms with Gasteiger partial charge in [-0.05, 0) is 41.3 Å². The van der Waals surface area contributed by atoms with Gasteiger partial charge < -0.3 is 19.3 Å². The molecule has 1 unspecified atom stereocenters. The van der Waals surface area contributed by atoms with Crippen molar-refractivity contribution >= 4 is 22.2 Å². The quantitative estimate of drug-likeness (QED) is 0.391. The fraction of sp³-hybridized carbons (Fsp3) is 0.179. The number of phenolic OH excluding ortho intramolecular Hbond substituents is 1. The fourth-order valence-electron chi connectivity index (χ4n) is 4.55. The number of phenols is 1. The Labute approximate surface area is 198 Å². The Morgan fingerprint density at radius 2 is 1.56 bits per heavy atom. The molecule has 34 heavy (non-hydrogen) atoms. The molecule has 6 nitrogen and oxygen atoms in total. The zero-order valence-electron chi connectivity index (χ0n) is 19.4. The lowest BCUT2D eigenvalue weighted by Gasteiger charge is -2.26. The second-order valence-electron chi connectivity index (χ2n) is 8.10. The molecule has 1 N–H and O–H groups in total. The Hall–Kier alpha value is -4.19. The van der Waals surface area contributed by atoms with Gasteiger partial charge in [-0.2, -0.15) is 5.10 Å². The highest BCUT2D eigenvalue weighted by Gasteiger charge is 2.32. The van der Waals surface area contributed by atoms with Crippen LogP contribution in [0, 0.1) is 0 Å². The lowest BCUT2D eigenvalue weighted by molar-refractivity contribution is 0.407. The van der Waals surface area contributed by atoms with E-state index in [0.29, 0.717) is 17.7 Å². The van der Waals surface area contributed by atoms with Crippen LogP contribution in [0.4, 0.5) is 5.69 Å². The molecule has 0 aliphatic carbocycles. The van der Waals surface area contributed by atoms with Crippen molar-refractivity contribution < 1.29 is 19.3 Å². The Morgan fingerprint density at radius 1 is 0.794 bits per heavy atom. The second-order valence-corrected chi connectivity index (χ2v) is 8.10. The molecule has 0 fully saturated rings. The minimum Gasteiger partial charge on any atom is -0.507 e. The maximum atomic E-state index is 10.7. The summed E-state index contributed by atoms with van der Waals surface area (Å²) in [7, 11) is 4.92. The van der Waals surface area contributed by atoms with Crippen LogP contribution in [0.15, 0.2) is 84.0 Å². The molecule has 0 saturated heterocycles. The lowest BCUT2D eigenvalue weighted by Crippen LogP contribution is -2.19. The molecule has 1 aliphatic rings. The summed E-state index contributed by atoms with van der Waals surface area (Å²) < 4.78 is 16.3. The van der Waals surface area contributed by atoms with Crippen LogP contribution >= 0.6 is 0 Å². The fourth-order valence-corrected chi connectivity index (χ4v) is 4.55. The first-order valence-corrected chi connectivity index (χ1v) is 11.1. The Kier molecular flexibility index (Phi) is 5.72. The van der Waals surface area contributed by atoms with Gasteiger partial charge >= 0.3 is 0 Å². The molecular formula is C28H26N2O4. The highest BCUT2D eigenvalue weighted by atomic mass is 16.5. The minimum atomic E-state index is -0.0839. The van der Waals surface area contributed by atoms with E-state index in [1.54, 1.807) is 27.4 Å². The largest absolute Gasteiger partial charge is 0.507 e. The van der Waals surface area contributed by atoms with E-state index in [4.69, 9.17) is 19.3 Å². The molecule has 4 aromatic carbocycles. The molecule has 1 aliphatic heterocycles. The van der Waals surface area contributed by atoms with Gasteiger partial charge in [0.2, 0.25) is 0 Å². The number of anilines is 1. The number of hydrogen-bond acceptors (Lipinski definition) is 6. The van der Waals surface area contributed by atoms with Crippen molar-refractivity contribution in [2.45, 2.75) is 12.5 Å². The van der Waals surface area contributed by atoms with Gasteiger partial charge in [-0.25, -0.2) is 0 Å². The van der Waals surface area contributed by atoms with E-state index in [2.05, 4.69) is 18.2 Å². The van der Waals surface area contributed by atoms with Crippen molar-refractivity contribution in [2.75, 3.05) is 26.3 Å². The normalized spacial score (nSPS) is 15.3. The molecule has 5 rings (SSSR count). The molecule has 0 radical (unpaired) electrons. The van der Waals surface area contributed by atoms with Gasteiger partial charge in [-0.3, -0.25) is 5.01 Å². The summed E-state index contributed by atoms with van der Waals surface area (Å²) in [5.74, 6) is 2.33. The number of fused-ring (bicyclic) bond motifs is 1. The third kappa shape index (κ3) is 3.77. The van der Waals surface area contributed by atoms with Crippen LogP contribution in [0.3, 0.4) is 0 Å². The smallest absolute Gasteiger partial charge is 0.128 e. The predicted molar refractivity (Wildman–Crippen MR) is 135 cm³/mol. The van der Waals surface area contributed by atoms with Crippen molar-refractivity contribution in [1.29, 1.82) is 0 Å². The van der Waals surface area contributed by atoms with Crippen molar-refractivity contribution in [3.63, 3.8) is 0 Å². The number of methoxy groups -OCH3 is 3. The summed E-state index contributed by atoms with van der Waals surface area (Å²) in [5, 5.41) is 19.9. The number of hydrogen-bond donors (Lipinski definition) is 1. The topological polar surface area (TPSA) is 63.5 Å². The van der Waals surface area contributed by atoms with Crippen LogP contribution in [0.2, 0.25) is 0 Å². The lowest BCUT2D eigenvalue weighted by atomic mass is 9.93. The van der Waals surface area contributed by atoms with E-state index in [9.17, 15) is 5.11 Å². The summed E-state index contributed by atoms with van der Waals surface area (Å²) >= 11 is 0. The summed E-state index contributed by atoms with van der Waals surface area (Å²) in [5.41, 5.74) is 3.53. The molecule has 172 valence electrons. The van der Waals surface area contributed by atoms with E-state index in [1.165, 1.54) is 0 Å². The predicted octanol–water partition coefficient (Wildman–Crippen LogP) is 5.93. The number of ether oxygens (including phenoxy) is 3. The highest BCUT2D eigenvalue weighted by molar-refractivity contribution is 6.06. The van der Waals surface area contributed by atoms with E-state index >= 15 is 0 Å². The molecule has 0 saturated carbocycles. The van der Waals surface area contributed by atoms with Crippen LogP contribution in [0.25, 0.3) is 10.8 Å². The summed E-state index contributed by atoms with van der Waals surface area (Å²) in [6.07, 6.45) is 0.618. The maximum Gasteiger partial charge on any atom is 0.128 e. The molecular weight excluding hydrogens is 428 g/mol. The van der Waals surface area contributed by atoms with Crippen LogP contribution in [-0.2, 0) is 0 Å². The molecule has 4 aromatic rings. The number of aromatic hydroxyl groups is 1. The third-order valence-corrected chi connectivity index (χ3v) is 6.24. The van der Waals surface area contributed by atoms with E-state index < -0.39 is 0 Å². The van der Waals surface area contributed by atoms with Crippen molar-refractivity contribution in [3.05, 3.63) is 90.0 Å². The van der Waals surface area contributed by atoms with E-state index in [0.717, 1.165) is 39.2 Å². The first-order valence-electron chi connectivity index (χ1n) is 11.1. The van der Waals surface area contributed by atoms with Crippen LogP contribution in [0.1, 0.15) is 23.6 Å². The van der Waals surface area contributed by atoms with Gasteiger partial charge in [0.25, 0.3) is 0 Å². The van der Waals surface area contributed by atoms with Crippen molar-refractivity contribution in [2.24, 2.45) is 5.10 Å². The number of benzene rings is 4. The van der Waals surface area contributed by atoms with E-state index in [-0.39, 0.29) is 11.8 Å².